The minimum absolute atomic E-state index is 0.0276. The normalized spacial score (nSPS) is 11.8. The van der Waals surface area contributed by atoms with Gasteiger partial charge in [-0.3, -0.25) is 14.3 Å². The molecule has 0 radical (unpaired) electrons. The van der Waals surface area contributed by atoms with Crippen LogP contribution in [0.2, 0.25) is 0 Å². The first-order valence-electron chi connectivity index (χ1n) is 7.46. The van der Waals surface area contributed by atoms with Gasteiger partial charge in [0.15, 0.2) is 18.2 Å². The second-order valence-corrected chi connectivity index (χ2v) is 6.41. The maximum Gasteiger partial charge on any atom is 0.257 e. The Labute approximate surface area is 152 Å². The van der Waals surface area contributed by atoms with Crippen molar-refractivity contribution >= 4 is 27.7 Å². The zero-order valence-electron chi connectivity index (χ0n) is 13.5. The van der Waals surface area contributed by atoms with Crippen LogP contribution in [0.3, 0.4) is 0 Å². The van der Waals surface area contributed by atoms with Crippen molar-refractivity contribution in [2.75, 3.05) is 13.2 Å². The van der Waals surface area contributed by atoms with E-state index < -0.39 is 23.5 Å². The van der Waals surface area contributed by atoms with Crippen LogP contribution in [0, 0.1) is 11.7 Å². The predicted octanol–water partition coefficient (Wildman–Crippen LogP) is 1.16. The molecule has 1 atom stereocenters. The van der Waals surface area contributed by atoms with Gasteiger partial charge in [-0.2, -0.15) is 5.10 Å². The lowest BCUT2D eigenvalue weighted by molar-refractivity contribution is -0.124. The van der Waals surface area contributed by atoms with Crippen molar-refractivity contribution in [3.05, 3.63) is 46.4 Å². The van der Waals surface area contributed by atoms with Gasteiger partial charge >= 0.3 is 0 Å². The Balaban J connectivity index is 1.83. The van der Waals surface area contributed by atoms with Crippen LogP contribution < -0.4 is 15.8 Å². The summed E-state index contributed by atoms with van der Waals surface area (Å²) in [6, 6.07) is 4.26. The molecule has 9 heteroatoms. The number of benzene rings is 1. The van der Waals surface area contributed by atoms with Gasteiger partial charge in [-0.05, 0) is 30.2 Å². The van der Waals surface area contributed by atoms with Gasteiger partial charge in [-0.15, -0.1) is 0 Å². The second kappa shape index (κ2) is 8.61. The first-order chi connectivity index (χ1) is 11.8. The van der Waals surface area contributed by atoms with Crippen LogP contribution in [-0.4, -0.2) is 34.7 Å². The highest BCUT2D eigenvalue weighted by atomic mass is 79.9. The molecule has 7 nitrogen and oxygen atoms in total. The predicted molar refractivity (Wildman–Crippen MR) is 92.2 cm³/mol. The molecule has 2 aromatic rings. The lowest BCUT2D eigenvalue weighted by Crippen LogP contribution is -2.39. The maximum absolute atomic E-state index is 13.6. The highest BCUT2D eigenvalue weighted by Gasteiger charge is 2.18. The average Bonchev–Trinajstić information content (AvgIpc) is 2.95. The molecule has 2 rings (SSSR count). The van der Waals surface area contributed by atoms with Crippen molar-refractivity contribution in [2.45, 2.75) is 6.42 Å². The first kappa shape index (κ1) is 18.9. The number of nitrogens with one attached hydrogen (secondary N) is 1. The summed E-state index contributed by atoms with van der Waals surface area (Å²) < 4.78 is 20.9. The molecule has 0 spiro atoms. The molecule has 1 aromatic heterocycles. The van der Waals surface area contributed by atoms with E-state index in [2.05, 4.69) is 26.3 Å². The number of aromatic nitrogens is 2. The Morgan fingerprint density at radius 2 is 2.24 bits per heavy atom. The molecular formula is C16H18BrFN4O3. The van der Waals surface area contributed by atoms with Crippen LogP contribution in [0.5, 0.6) is 5.75 Å². The van der Waals surface area contributed by atoms with Gasteiger partial charge in [-0.1, -0.05) is 15.9 Å². The van der Waals surface area contributed by atoms with E-state index in [0.29, 0.717) is 10.9 Å². The molecule has 1 aromatic carbocycles. The fourth-order valence-electron chi connectivity index (χ4n) is 2.16. The molecule has 0 fully saturated rings. The largest absolute Gasteiger partial charge is 0.481 e. The fourth-order valence-corrected chi connectivity index (χ4v) is 2.49. The van der Waals surface area contributed by atoms with E-state index in [1.807, 2.05) is 0 Å². The van der Waals surface area contributed by atoms with E-state index in [4.69, 9.17) is 10.5 Å². The number of aryl methyl sites for hydroxylation is 1. The number of rotatable bonds is 8. The minimum atomic E-state index is -0.575. The zero-order chi connectivity index (χ0) is 18.4. The number of halogens is 2. The highest BCUT2D eigenvalue weighted by molar-refractivity contribution is 9.10. The number of primary amides is 1. The van der Waals surface area contributed by atoms with Crippen LogP contribution in [0.4, 0.5) is 4.39 Å². The summed E-state index contributed by atoms with van der Waals surface area (Å²) >= 11 is 3.13. The molecule has 0 aliphatic heterocycles. The number of carbonyl (C=O) groups is 2. The van der Waals surface area contributed by atoms with E-state index >= 15 is 0 Å². The zero-order valence-corrected chi connectivity index (χ0v) is 15.1. The average molecular weight is 413 g/mol. The number of nitrogens with zero attached hydrogens (tertiary/aromatic N) is 2. The number of nitrogens with two attached hydrogens (primary N) is 1. The maximum atomic E-state index is 13.6. The first-order valence-corrected chi connectivity index (χ1v) is 8.26. The van der Waals surface area contributed by atoms with Crippen molar-refractivity contribution < 1.29 is 18.7 Å². The van der Waals surface area contributed by atoms with Crippen LogP contribution in [0.1, 0.15) is 5.56 Å². The summed E-state index contributed by atoms with van der Waals surface area (Å²) in [6.07, 6.45) is 3.78. The lowest BCUT2D eigenvalue weighted by atomic mass is 10.0. The van der Waals surface area contributed by atoms with E-state index in [0.717, 1.165) is 5.56 Å². The Morgan fingerprint density at radius 1 is 1.48 bits per heavy atom. The molecule has 0 aliphatic rings. The van der Waals surface area contributed by atoms with E-state index in [1.165, 1.54) is 12.1 Å². The summed E-state index contributed by atoms with van der Waals surface area (Å²) in [7, 11) is 1.77. The van der Waals surface area contributed by atoms with Crippen molar-refractivity contribution in [3.63, 3.8) is 0 Å². The quantitative estimate of drug-likeness (QED) is 0.679. The summed E-state index contributed by atoms with van der Waals surface area (Å²) in [6.45, 7) is -0.299. The van der Waals surface area contributed by atoms with Gasteiger partial charge in [0.1, 0.15) is 0 Å². The second-order valence-electron chi connectivity index (χ2n) is 5.49. The standard InChI is InChI=1S/C16H18BrFN4O3/c1-22-8-10(6-21-22)4-11(16(19)24)7-20-15(23)9-25-14-3-2-12(17)5-13(14)18/h2-3,5-6,8,11H,4,7,9H2,1H3,(H2,19,24)(H,20,23). The van der Waals surface area contributed by atoms with E-state index in [1.54, 1.807) is 30.2 Å². The van der Waals surface area contributed by atoms with Gasteiger partial charge in [0.25, 0.3) is 5.91 Å². The molecule has 0 aliphatic carbocycles. The SMILES string of the molecule is Cn1cc(CC(CNC(=O)COc2ccc(Br)cc2F)C(N)=O)cn1. The third-order valence-electron chi connectivity index (χ3n) is 3.44. The van der Waals surface area contributed by atoms with Crippen molar-refractivity contribution in [1.82, 2.24) is 15.1 Å². The molecule has 25 heavy (non-hydrogen) atoms. The summed E-state index contributed by atoms with van der Waals surface area (Å²) in [5, 5.41) is 6.59. The Hall–Kier alpha value is -2.42. The van der Waals surface area contributed by atoms with Crippen LogP contribution in [0.15, 0.2) is 35.1 Å². The molecule has 134 valence electrons. The molecule has 2 amide bonds. The summed E-state index contributed by atoms with van der Waals surface area (Å²) in [4.78, 5) is 23.4. The molecule has 3 N–H and O–H groups in total. The fraction of sp³-hybridized carbons (Fsp3) is 0.312. The monoisotopic (exact) mass is 412 g/mol. The van der Waals surface area contributed by atoms with Crippen LogP contribution in [-0.2, 0) is 23.1 Å². The summed E-state index contributed by atoms with van der Waals surface area (Å²) in [5.74, 6) is -2.17. The number of carbonyl (C=O) groups excluding carboxylic acids is 2. The van der Waals surface area contributed by atoms with Crippen molar-refractivity contribution in [3.8, 4) is 5.75 Å². The number of ether oxygens (including phenoxy) is 1. The number of hydrogen-bond acceptors (Lipinski definition) is 4. The van der Waals surface area contributed by atoms with Crippen molar-refractivity contribution in [1.29, 1.82) is 0 Å². The Bertz CT molecular complexity index is 766. The Kier molecular flexibility index (Phi) is 6.51. The minimum Gasteiger partial charge on any atom is -0.481 e. The molecular weight excluding hydrogens is 395 g/mol. The molecule has 0 bridgehead atoms. The lowest BCUT2D eigenvalue weighted by Gasteiger charge is -2.14. The summed E-state index contributed by atoms with van der Waals surface area (Å²) in [5.41, 5.74) is 6.22. The van der Waals surface area contributed by atoms with Crippen LogP contribution in [0.25, 0.3) is 0 Å². The third-order valence-corrected chi connectivity index (χ3v) is 3.93. The van der Waals surface area contributed by atoms with Gasteiger partial charge in [0.2, 0.25) is 5.91 Å². The van der Waals surface area contributed by atoms with E-state index in [-0.39, 0.29) is 18.9 Å². The molecule has 0 saturated heterocycles. The van der Waals surface area contributed by atoms with E-state index in [9.17, 15) is 14.0 Å². The van der Waals surface area contributed by atoms with Gasteiger partial charge < -0.3 is 15.8 Å². The molecule has 1 unspecified atom stereocenters. The number of amides is 2. The smallest absolute Gasteiger partial charge is 0.257 e. The van der Waals surface area contributed by atoms with Gasteiger partial charge in [0.05, 0.1) is 12.1 Å². The van der Waals surface area contributed by atoms with Gasteiger partial charge in [-0.25, -0.2) is 4.39 Å². The van der Waals surface area contributed by atoms with Crippen molar-refractivity contribution in [2.24, 2.45) is 18.7 Å². The topological polar surface area (TPSA) is 99.2 Å². The molecule has 0 saturated carbocycles. The van der Waals surface area contributed by atoms with Crippen LogP contribution >= 0.6 is 15.9 Å². The highest BCUT2D eigenvalue weighted by Crippen LogP contribution is 2.21. The Morgan fingerprint density at radius 3 is 2.84 bits per heavy atom. The third kappa shape index (κ3) is 5.86. The number of hydrogen-bond donors (Lipinski definition) is 2. The van der Waals surface area contributed by atoms with Gasteiger partial charge in [0, 0.05) is 24.3 Å². The molecule has 1 heterocycles.